The first kappa shape index (κ1) is 11.0. The third kappa shape index (κ3) is 3.63. The first-order valence-electron chi connectivity index (χ1n) is 5.31. The smallest absolute Gasteiger partial charge is 0.0615 e. The lowest BCUT2D eigenvalue weighted by atomic mass is 9.86. The van der Waals surface area contributed by atoms with E-state index in [2.05, 4.69) is 0 Å². The van der Waals surface area contributed by atoms with E-state index in [1.165, 1.54) is 19.3 Å². The largest absolute Gasteiger partial charge is 0.396 e. The van der Waals surface area contributed by atoms with E-state index < -0.39 is 0 Å². The molecule has 3 heteroatoms. The SMILES string of the molecule is NCC1CCCCC1OCCCO. The van der Waals surface area contributed by atoms with Gasteiger partial charge in [-0.1, -0.05) is 12.8 Å². The van der Waals surface area contributed by atoms with Crippen LogP contribution in [0.1, 0.15) is 32.1 Å². The van der Waals surface area contributed by atoms with Crippen molar-refractivity contribution < 1.29 is 9.84 Å². The van der Waals surface area contributed by atoms with Gasteiger partial charge < -0.3 is 15.6 Å². The predicted molar refractivity (Wildman–Crippen MR) is 52.5 cm³/mol. The summed E-state index contributed by atoms with van der Waals surface area (Å²) >= 11 is 0. The second-order valence-corrected chi connectivity index (χ2v) is 3.77. The van der Waals surface area contributed by atoms with Gasteiger partial charge in [0.15, 0.2) is 0 Å². The molecule has 0 radical (unpaired) electrons. The van der Waals surface area contributed by atoms with E-state index in [0.29, 0.717) is 18.6 Å². The average molecular weight is 187 g/mol. The lowest BCUT2D eigenvalue weighted by Gasteiger charge is -2.30. The van der Waals surface area contributed by atoms with Crippen molar-refractivity contribution in [1.29, 1.82) is 0 Å². The van der Waals surface area contributed by atoms with E-state index in [4.69, 9.17) is 15.6 Å². The molecular formula is C10H21NO2. The topological polar surface area (TPSA) is 55.5 Å². The predicted octanol–water partition coefficient (Wildman–Crippen LogP) is 0.903. The lowest BCUT2D eigenvalue weighted by Crippen LogP contribution is -2.33. The average Bonchev–Trinajstić information content (AvgIpc) is 2.19. The summed E-state index contributed by atoms with van der Waals surface area (Å²) in [7, 11) is 0. The highest BCUT2D eigenvalue weighted by molar-refractivity contribution is 4.76. The Morgan fingerprint density at radius 1 is 1.31 bits per heavy atom. The van der Waals surface area contributed by atoms with Crippen LogP contribution in [0.2, 0.25) is 0 Å². The molecule has 1 rings (SSSR count). The van der Waals surface area contributed by atoms with Gasteiger partial charge >= 0.3 is 0 Å². The molecule has 0 bridgehead atoms. The molecule has 0 aromatic heterocycles. The first-order chi connectivity index (χ1) is 6.38. The zero-order valence-electron chi connectivity index (χ0n) is 8.24. The molecular weight excluding hydrogens is 166 g/mol. The molecule has 0 aliphatic heterocycles. The van der Waals surface area contributed by atoms with Gasteiger partial charge in [-0.15, -0.1) is 0 Å². The first-order valence-corrected chi connectivity index (χ1v) is 5.31. The van der Waals surface area contributed by atoms with Gasteiger partial charge in [0, 0.05) is 13.2 Å². The van der Waals surface area contributed by atoms with Crippen LogP contribution in [0, 0.1) is 5.92 Å². The summed E-state index contributed by atoms with van der Waals surface area (Å²) in [6, 6.07) is 0. The van der Waals surface area contributed by atoms with Crippen molar-refractivity contribution in [3.63, 3.8) is 0 Å². The molecule has 2 unspecified atom stereocenters. The van der Waals surface area contributed by atoms with Crippen LogP contribution < -0.4 is 5.73 Å². The molecule has 0 aromatic carbocycles. The highest BCUT2D eigenvalue weighted by Crippen LogP contribution is 2.25. The molecule has 1 aliphatic rings. The molecule has 0 aromatic rings. The molecule has 13 heavy (non-hydrogen) atoms. The maximum absolute atomic E-state index is 8.61. The minimum Gasteiger partial charge on any atom is -0.396 e. The number of nitrogens with two attached hydrogens (primary N) is 1. The number of aliphatic hydroxyl groups is 1. The van der Waals surface area contributed by atoms with E-state index in [9.17, 15) is 0 Å². The zero-order valence-corrected chi connectivity index (χ0v) is 8.24. The summed E-state index contributed by atoms with van der Waals surface area (Å²) in [6.45, 7) is 1.64. The third-order valence-corrected chi connectivity index (χ3v) is 2.78. The summed E-state index contributed by atoms with van der Waals surface area (Å²) < 4.78 is 5.69. The van der Waals surface area contributed by atoms with Gasteiger partial charge in [0.2, 0.25) is 0 Å². The number of hydrogen-bond acceptors (Lipinski definition) is 3. The molecule has 3 N–H and O–H groups in total. The number of ether oxygens (including phenoxy) is 1. The molecule has 0 heterocycles. The summed E-state index contributed by atoms with van der Waals surface area (Å²) in [5.41, 5.74) is 5.67. The van der Waals surface area contributed by atoms with Crippen molar-refractivity contribution in [2.45, 2.75) is 38.2 Å². The van der Waals surface area contributed by atoms with Gasteiger partial charge in [-0.25, -0.2) is 0 Å². The van der Waals surface area contributed by atoms with Gasteiger partial charge in [0.05, 0.1) is 6.10 Å². The van der Waals surface area contributed by atoms with Crippen molar-refractivity contribution in [2.24, 2.45) is 11.7 Å². The van der Waals surface area contributed by atoms with Gasteiger partial charge in [-0.05, 0) is 31.7 Å². The number of rotatable bonds is 5. The molecule has 2 atom stereocenters. The number of aliphatic hydroxyl groups excluding tert-OH is 1. The minimum atomic E-state index is 0.222. The van der Waals surface area contributed by atoms with Crippen LogP contribution in [0.5, 0.6) is 0 Å². The Morgan fingerprint density at radius 3 is 2.77 bits per heavy atom. The fourth-order valence-electron chi connectivity index (χ4n) is 1.96. The van der Waals surface area contributed by atoms with E-state index in [0.717, 1.165) is 19.4 Å². The molecule has 1 aliphatic carbocycles. The zero-order chi connectivity index (χ0) is 9.52. The van der Waals surface area contributed by atoms with Crippen molar-refractivity contribution in [3.05, 3.63) is 0 Å². The van der Waals surface area contributed by atoms with Crippen LogP contribution >= 0.6 is 0 Å². The Balaban J connectivity index is 2.19. The van der Waals surface area contributed by atoms with Crippen molar-refractivity contribution in [1.82, 2.24) is 0 Å². The third-order valence-electron chi connectivity index (χ3n) is 2.78. The van der Waals surface area contributed by atoms with Crippen molar-refractivity contribution in [3.8, 4) is 0 Å². The van der Waals surface area contributed by atoms with Crippen LogP contribution in [0.15, 0.2) is 0 Å². The Kier molecular flexibility index (Phi) is 5.35. The Labute approximate surface area is 80.3 Å². The second-order valence-electron chi connectivity index (χ2n) is 3.77. The van der Waals surface area contributed by atoms with Crippen LogP contribution in [0.4, 0.5) is 0 Å². The minimum absolute atomic E-state index is 0.222. The van der Waals surface area contributed by atoms with Crippen LogP contribution in [0.3, 0.4) is 0 Å². The Morgan fingerprint density at radius 2 is 2.08 bits per heavy atom. The van der Waals surface area contributed by atoms with E-state index in [-0.39, 0.29) is 6.61 Å². The second kappa shape index (κ2) is 6.35. The number of hydrogen-bond donors (Lipinski definition) is 2. The molecule has 1 saturated carbocycles. The molecule has 0 saturated heterocycles. The van der Waals surface area contributed by atoms with Gasteiger partial charge in [-0.2, -0.15) is 0 Å². The highest BCUT2D eigenvalue weighted by Gasteiger charge is 2.23. The molecule has 1 fully saturated rings. The van der Waals surface area contributed by atoms with Crippen LogP contribution in [-0.4, -0.2) is 31.0 Å². The van der Waals surface area contributed by atoms with E-state index in [1.54, 1.807) is 0 Å². The van der Waals surface area contributed by atoms with Crippen LogP contribution in [0.25, 0.3) is 0 Å². The summed E-state index contributed by atoms with van der Waals surface area (Å²) in [5, 5.41) is 8.61. The van der Waals surface area contributed by atoms with Gasteiger partial charge in [0.25, 0.3) is 0 Å². The van der Waals surface area contributed by atoms with Gasteiger partial charge in [-0.3, -0.25) is 0 Å². The van der Waals surface area contributed by atoms with Gasteiger partial charge in [0.1, 0.15) is 0 Å². The van der Waals surface area contributed by atoms with Crippen molar-refractivity contribution in [2.75, 3.05) is 19.8 Å². The normalized spacial score (nSPS) is 29.1. The monoisotopic (exact) mass is 187 g/mol. The quantitative estimate of drug-likeness (QED) is 0.629. The fraction of sp³-hybridized carbons (Fsp3) is 1.00. The molecule has 0 spiro atoms. The Hall–Kier alpha value is -0.120. The summed E-state index contributed by atoms with van der Waals surface area (Å²) in [4.78, 5) is 0. The maximum atomic E-state index is 8.61. The molecule has 3 nitrogen and oxygen atoms in total. The lowest BCUT2D eigenvalue weighted by molar-refractivity contribution is -0.0128. The summed E-state index contributed by atoms with van der Waals surface area (Å²) in [6.07, 6.45) is 6.01. The van der Waals surface area contributed by atoms with Crippen molar-refractivity contribution >= 4 is 0 Å². The summed E-state index contributed by atoms with van der Waals surface area (Å²) in [5.74, 6) is 0.549. The fourth-order valence-corrected chi connectivity index (χ4v) is 1.96. The molecule has 78 valence electrons. The molecule has 0 amide bonds. The van der Waals surface area contributed by atoms with E-state index >= 15 is 0 Å². The van der Waals surface area contributed by atoms with Crippen LogP contribution in [-0.2, 0) is 4.74 Å². The standard InChI is InChI=1S/C10H21NO2/c11-8-9-4-1-2-5-10(9)13-7-3-6-12/h9-10,12H,1-8,11H2. The highest BCUT2D eigenvalue weighted by atomic mass is 16.5. The Bertz CT molecular complexity index is 130. The van der Waals surface area contributed by atoms with E-state index in [1.807, 2.05) is 0 Å². The maximum Gasteiger partial charge on any atom is 0.0615 e.